The van der Waals surface area contributed by atoms with Crippen LogP contribution in [0.3, 0.4) is 0 Å². The second-order valence-electron chi connectivity index (χ2n) is 18.6. The van der Waals surface area contributed by atoms with Crippen LogP contribution in [-0.2, 0) is 33.3 Å². The molecule has 63 heavy (non-hydrogen) atoms. The van der Waals surface area contributed by atoms with Crippen molar-refractivity contribution in [2.75, 3.05) is 20.3 Å². The van der Waals surface area contributed by atoms with Gasteiger partial charge in [-0.15, -0.1) is 0 Å². The van der Waals surface area contributed by atoms with Crippen molar-refractivity contribution in [1.29, 1.82) is 0 Å². The van der Waals surface area contributed by atoms with E-state index in [1.165, 1.54) is 0 Å². The zero-order valence-electron chi connectivity index (χ0n) is 38.5. The number of ketones is 2. The SMILES string of the molecule is CO[C@H]1C[C@@H]2CCCC(O2)C(=O)C(=O)N2CCCC[C@H]2COC(CCC2CCC(OC(N)=O)CC2)CC(N=[N+]=[N-])[C@H](C)/C=C(\C)[C@@H](O)[C@@H](O)C(=O)[C@H](C)C[C@H](C)/C=C/C=C/C=C/1C. The summed E-state index contributed by atoms with van der Waals surface area (Å²) in [7, 11) is 1.65. The molecule has 3 fully saturated rings. The number of aliphatic hydroxyl groups is 2. The monoisotopic (exact) mass is 882 g/mol. The number of ether oxygens (including phenoxy) is 4. The third kappa shape index (κ3) is 16.3. The molecule has 1 aliphatic carbocycles. The lowest BCUT2D eigenvalue weighted by atomic mass is 9.83. The average Bonchev–Trinajstić information content (AvgIpc) is 3.27. The standard InChI is InChI=1S/C48H75N5O10/c1-30-13-8-7-9-14-31(2)42(60-6)28-39-16-12-17-41(62-39)45(56)47(58)53-24-11-10-15-36(53)29-61-38(23-20-35-18-21-37(22-19-35)63-48(49)59)27-40(51-52-50)32(3)26-34(5)44(55)46(57)43(54)33(4)25-30/h7-9,13-14,26,30,32-33,35-42,44,46,55,57H,10-12,15-25,27-29H2,1-6H3,(H2,49,59)/b9-7+,13-8+,31-14+,34-26+/t30-,32-,33-,35?,36+,37?,38?,39+,40?,41?,42+,44-,46+/m1/s1. The van der Waals surface area contributed by atoms with Crippen molar-refractivity contribution >= 4 is 23.6 Å². The minimum Gasteiger partial charge on any atom is -0.446 e. The number of primary amides is 1. The van der Waals surface area contributed by atoms with Gasteiger partial charge in [0, 0.05) is 36.9 Å². The fourth-order valence-corrected chi connectivity index (χ4v) is 9.74. The number of Topliss-reactive ketones (excluding diaryl/α,β-unsaturated/α-hetero) is 2. The normalized spacial score (nSPS) is 38.1. The van der Waals surface area contributed by atoms with Crippen molar-refractivity contribution in [2.45, 2.75) is 186 Å². The molecule has 1 saturated carbocycles. The number of rotatable bonds is 6. The van der Waals surface area contributed by atoms with Gasteiger partial charge in [-0.2, -0.15) is 0 Å². The van der Waals surface area contributed by atoms with Crippen LogP contribution >= 0.6 is 0 Å². The maximum atomic E-state index is 14.0. The van der Waals surface area contributed by atoms with Crippen LogP contribution in [0, 0.1) is 23.7 Å². The highest BCUT2D eigenvalue weighted by Gasteiger charge is 2.39. The largest absolute Gasteiger partial charge is 0.446 e. The van der Waals surface area contributed by atoms with E-state index in [1.54, 1.807) is 31.9 Å². The summed E-state index contributed by atoms with van der Waals surface area (Å²) in [6.07, 6.45) is 15.9. The second kappa shape index (κ2) is 26.2. The smallest absolute Gasteiger partial charge is 0.404 e. The number of piperidine rings is 1. The molecule has 4 N–H and O–H groups in total. The molecule has 3 unspecified atom stereocenters. The van der Waals surface area contributed by atoms with Crippen LogP contribution in [0.2, 0.25) is 0 Å². The summed E-state index contributed by atoms with van der Waals surface area (Å²) in [5.41, 5.74) is 16.4. The van der Waals surface area contributed by atoms with E-state index in [9.17, 15) is 34.9 Å². The number of nitrogens with two attached hydrogens (primary N) is 1. The molecule has 0 aromatic heterocycles. The average molecular weight is 882 g/mol. The van der Waals surface area contributed by atoms with Crippen LogP contribution in [0.15, 0.2) is 52.7 Å². The molecule has 2 bridgehead atoms. The molecule has 0 aromatic rings. The lowest BCUT2D eigenvalue weighted by Gasteiger charge is -2.38. The van der Waals surface area contributed by atoms with Crippen LogP contribution < -0.4 is 5.73 Å². The van der Waals surface area contributed by atoms with Crippen molar-refractivity contribution in [1.82, 2.24) is 4.90 Å². The molecule has 15 nitrogen and oxygen atoms in total. The molecule has 3 aliphatic heterocycles. The number of hydrogen-bond acceptors (Lipinski definition) is 11. The Kier molecular flexibility index (Phi) is 21.5. The van der Waals surface area contributed by atoms with Crippen LogP contribution in [0.1, 0.15) is 131 Å². The fourth-order valence-electron chi connectivity index (χ4n) is 9.74. The molecular weight excluding hydrogens is 807 g/mol. The lowest BCUT2D eigenvalue weighted by molar-refractivity contribution is -0.159. The minimum absolute atomic E-state index is 0.0137. The summed E-state index contributed by atoms with van der Waals surface area (Å²) in [4.78, 5) is 57.5. The van der Waals surface area contributed by atoms with Crippen LogP contribution in [0.25, 0.3) is 10.4 Å². The number of aliphatic hydroxyl groups excluding tert-OH is 2. The molecule has 4 aliphatic rings. The zero-order valence-corrected chi connectivity index (χ0v) is 38.5. The number of allylic oxidation sites excluding steroid dienone is 5. The molecule has 0 aromatic carbocycles. The molecular formula is C48H75N5O10. The van der Waals surface area contributed by atoms with Crippen LogP contribution in [0.5, 0.6) is 0 Å². The number of azide groups is 1. The van der Waals surface area contributed by atoms with Crippen molar-refractivity contribution < 1.29 is 48.3 Å². The summed E-state index contributed by atoms with van der Waals surface area (Å²) in [6.45, 7) is 9.88. The first-order valence-electron chi connectivity index (χ1n) is 23.4. The summed E-state index contributed by atoms with van der Waals surface area (Å²) >= 11 is 0. The van der Waals surface area contributed by atoms with Crippen molar-refractivity contribution in [2.24, 2.45) is 34.5 Å². The Balaban J connectivity index is 1.61. The Labute approximate surface area is 374 Å². The van der Waals surface area contributed by atoms with Gasteiger partial charge in [0.15, 0.2) is 5.78 Å². The van der Waals surface area contributed by atoms with Gasteiger partial charge in [0.25, 0.3) is 5.91 Å². The molecule has 352 valence electrons. The van der Waals surface area contributed by atoms with Gasteiger partial charge >= 0.3 is 6.09 Å². The van der Waals surface area contributed by atoms with E-state index >= 15 is 0 Å². The van der Waals surface area contributed by atoms with E-state index in [0.29, 0.717) is 69.4 Å². The predicted molar refractivity (Wildman–Crippen MR) is 240 cm³/mol. The fraction of sp³-hybridized carbons (Fsp3) is 0.750. The van der Waals surface area contributed by atoms with E-state index in [1.807, 2.05) is 51.2 Å². The molecule has 0 radical (unpaired) electrons. The summed E-state index contributed by atoms with van der Waals surface area (Å²) in [5, 5.41) is 26.4. The summed E-state index contributed by atoms with van der Waals surface area (Å²) in [5.74, 6) is -2.09. The van der Waals surface area contributed by atoms with E-state index < -0.39 is 59.8 Å². The number of carbonyl (C=O) groups is 4. The van der Waals surface area contributed by atoms with Gasteiger partial charge in [0.2, 0.25) is 5.78 Å². The highest BCUT2D eigenvalue weighted by atomic mass is 16.6. The first-order valence-corrected chi connectivity index (χ1v) is 23.4. The van der Waals surface area contributed by atoms with Gasteiger partial charge in [-0.3, -0.25) is 14.4 Å². The van der Waals surface area contributed by atoms with Crippen molar-refractivity contribution in [3.8, 4) is 0 Å². The third-order valence-electron chi connectivity index (χ3n) is 13.6. The third-order valence-corrected chi connectivity index (χ3v) is 13.6. The van der Waals surface area contributed by atoms with E-state index in [2.05, 4.69) is 10.0 Å². The maximum absolute atomic E-state index is 14.0. The molecule has 4 rings (SSSR count). The Hall–Kier alpha value is -3.85. The Bertz CT molecular complexity index is 1680. The molecule has 2 amide bonds. The van der Waals surface area contributed by atoms with E-state index in [-0.39, 0.29) is 43.0 Å². The Morgan fingerprint density at radius 1 is 0.921 bits per heavy atom. The number of carbonyl (C=O) groups excluding carboxylic acids is 4. The number of fused-ring (bicyclic) bond motifs is 3. The molecule has 3 heterocycles. The van der Waals surface area contributed by atoms with Gasteiger partial charge in [-0.1, -0.05) is 62.3 Å². The predicted octanol–water partition coefficient (Wildman–Crippen LogP) is 7.78. The van der Waals surface area contributed by atoms with Gasteiger partial charge < -0.3 is 39.8 Å². The zero-order chi connectivity index (χ0) is 46.1. The number of nitrogens with zero attached hydrogens (tertiary/aromatic N) is 4. The molecule has 15 heteroatoms. The summed E-state index contributed by atoms with van der Waals surface area (Å²) in [6, 6.07) is -0.940. The number of methoxy groups -OCH3 is 1. The quantitative estimate of drug-likeness (QED) is 0.0772. The van der Waals surface area contributed by atoms with Crippen molar-refractivity contribution in [3.05, 3.63) is 58.0 Å². The number of hydrogen-bond donors (Lipinski definition) is 3. The van der Waals surface area contributed by atoms with Gasteiger partial charge in [-0.25, -0.2) is 4.79 Å². The highest BCUT2D eigenvalue weighted by Crippen LogP contribution is 2.33. The maximum Gasteiger partial charge on any atom is 0.404 e. The van der Waals surface area contributed by atoms with Gasteiger partial charge in [0.05, 0.1) is 31.0 Å². The van der Waals surface area contributed by atoms with E-state index in [4.69, 9.17) is 24.7 Å². The van der Waals surface area contributed by atoms with E-state index in [0.717, 1.165) is 50.5 Å². The lowest BCUT2D eigenvalue weighted by Crippen LogP contribution is -2.52. The Morgan fingerprint density at radius 3 is 2.37 bits per heavy atom. The van der Waals surface area contributed by atoms with Crippen LogP contribution in [0.4, 0.5) is 4.79 Å². The first-order chi connectivity index (χ1) is 30.1. The van der Waals surface area contributed by atoms with Crippen molar-refractivity contribution in [3.63, 3.8) is 0 Å². The first kappa shape index (κ1) is 51.8. The van der Waals surface area contributed by atoms with Gasteiger partial charge in [0.1, 0.15) is 24.4 Å². The Morgan fingerprint density at radius 2 is 1.67 bits per heavy atom. The minimum atomic E-state index is -1.63. The topological polar surface area (TPSA) is 224 Å². The summed E-state index contributed by atoms with van der Waals surface area (Å²) < 4.78 is 24.1. The molecule has 2 saturated heterocycles. The second-order valence-corrected chi connectivity index (χ2v) is 18.6. The van der Waals surface area contributed by atoms with Crippen LogP contribution in [-0.4, -0.2) is 114 Å². The van der Waals surface area contributed by atoms with Gasteiger partial charge in [-0.05, 0) is 138 Å². The molecule has 11 atom stereocenters. The highest BCUT2D eigenvalue weighted by molar-refractivity contribution is 6.37. The number of amides is 2. The molecule has 0 spiro atoms.